The van der Waals surface area contributed by atoms with Crippen LogP contribution in [0.3, 0.4) is 0 Å². The van der Waals surface area contributed by atoms with Crippen molar-refractivity contribution in [2.75, 3.05) is 15.5 Å². The number of pyridine rings is 1. The molecule has 1 aliphatic rings. The first-order valence-corrected chi connectivity index (χ1v) is 10.9. The molecule has 12 heteroatoms. The fourth-order valence-corrected chi connectivity index (χ4v) is 3.84. The third kappa shape index (κ3) is 4.95. The molecular weight excluding hydrogens is 449 g/mol. The summed E-state index contributed by atoms with van der Waals surface area (Å²) in [6.07, 6.45) is 2.08. The van der Waals surface area contributed by atoms with Crippen LogP contribution >= 0.6 is 0 Å². The Hall–Kier alpha value is -3.70. The van der Waals surface area contributed by atoms with E-state index in [2.05, 4.69) is 30.7 Å². The molecule has 4 heterocycles. The number of nitrogens with zero attached hydrogens (tertiary/aromatic N) is 6. The van der Waals surface area contributed by atoms with Gasteiger partial charge in [0.2, 0.25) is 11.9 Å². The highest BCUT2D eigenvalue weighted by Gasteiger charge is 2.35. The lowest BCUT2D eigenvalue weighted by molar-refractivity contribution is -0.137. The average molecular weight is 474 g/mol. The number of anilines is 3. The van der Waals surface area contributed by atoms with Crippen LogP contribution < -0.4 is 15.5 Å². The molecule has 0 aliphatic carbocycles. The Balaban J connectivity index is 1.42. The van der Waals surface area contributed by atoms with Crippen LogP contribution in [0.1, 0.15) is 44.0 Å². The standard InChI is InChI=1S/C22H25F3N8O/c1-4-18-20(34)30-17-10-28-21(31-19(17)33(18)13(2)3)27-7-14-8-29-32(11-14)12-16-6-5-15(9-26-16)22(23,24)25/h5-6,8-11,13,18H,4,7,12H2,1-3H3,(H,30,34)(H,27,28,31)/t18-/m0/s1. The zero-order chi connectivity index (χ0) is 24.5. The summed E-state index contributed by atoms with van der Waals surface area (Å²) in [6.45, 7) is 6.63. The zero-order valence-electron chi connectivity index (χ0n) is 19.0. The minimum absolute atomic E-state index is 0.0667. The highest BCUT2D eigenvalue weighted by atomic mass is 19.4. The molecule has 0 bridgehead atoms. The highest BCUT2D eigenvalue weighted by molar-refractivity contribution is 6.02. The zero-order valence-corrected chi connectivity index (χ0v) is 19.0. The highest BCUT2D eigenvalue weighted by Crippen LogP contribution is 2.33. The van der Waals surface area contributed by atoms with E-state index >= 15 is 0 Å². The number of halogens is 3. The summed E-state index contributed by atoms with van der Waals surface area (Å²) >= 11 is 0. The van der Waals surface area contributed by atoms with Crippen molar-refractivity contribution >= 4 is 23.4 Å². The molecule has 0 fully saturated rings. The van der Waals surface area contributed by atoms with Crippen LogP contribution in [0.15, 0.2) is 36.9 Å². The Kier molecular flexibility index (Phi) is 6.40. The first-order chi connectivity index (χ1) is 16.2. The molecule has 1 amide bonds. The molecule has 9 nitrogen and oxygen atoms in total. The normalized spacial score (nSPS) is 15.9. The van der Waals surface area contributed by atoms with E-state index in [4.69, 9.17) is 0 Å². The monoisotopic (exact) mass is 474 g/mol. The molecule has 4 rings (SSSR count). The Morgan fingerprint density at radius 1 is 1.18 bits per heavy atom. The van der Waals surface area contributed by atoms with Gasteiger partial charge in [0.25, 0.3) is 0 Å². The van der Waals surface area contributed by atoms with E-state index in [0.717, 1.165) is 17.8 Å². The number of aromatic nitrogens is 5. The molecule has 3 aromatic rings. The van der Waals surface area contributed by atoms with Crippen LogP contribution in [-0.2, 0) is 24.1 Å². The fourth-order valence-electron chi connectivity index (χ4n) is 3.84. The molecule has 1 atom stereocenters. The average Bonchev–Trinajstić information content (AvgIpc) is 3.23. The largest absolute Gasteiger partial charge is 0.417 e. The van der Waals surface area contributed by atoms with Crippen molar-refractivity contribution in [2.24, 2.45) is 0 Å². The van der Waals surface area contributed by atoms with Gasteiger partial charge in [0.15, 0.2) is 5.82 Å². The lowest BCUT2D eigenvalue weighted by Crippen LogP contribution is -2.51. The predicted octanol–water partition coefficient (Wildman–Crippen LogP) is 3.69. The Morgan fingerprint density at radius 3 is 2.62 bits per heavy atom. The molecule has 1 aliphatic heterocycles. The molecule has 0 saturated carbocycles. The number of nitrogens with one attached hydrogen (secondary N) is 2. The van der Waals surface area contributed by atoms with Gasteiger partial charge in [-0.3, -0.25) is 14.5 Å². The van der Waals surface area contributed by atoms with Gasteiger partial charge >= 0.3 is 6.18 Å². The molecule has 0 aromatic carbocycles. The van der Waals surface area contributed by atoms with Crippen LogP contribution in [0.5, 0.6) is 0 Å². The van der Waals surface area contributed by atoms with Crippen molar-refractivity contribution in [1.82, 2.24) is 24.7 Å². The second-order valence-corrected chi connectivity index (χ2v) is 8.28. The van der Waals surface area contributed by atoms with Gasteiger partial charge in [0, 0.05) is 30.5 Å². The summed E-state index contributed by atoms with van der Waals surface area (Å²) in [5.74, 6) is 1.01. The molecule has 0 saturated heterocycles. The number of hydrogen-bond acceptors (Lipinski definition) is 7. The first-order valence-electron chi connectivity index (χ1n) is 10.9. The minimum atomic E-state index is -4.41. The Labute approximate surface area is 194 Å². The second kappa shape index (κ2) is 9.27. The maximum Gasteiger partial charge on any atom is 0.417 e. The van der Waals surface area contributed by atoms with Gasteiger partial charge in [-0.25, -0.2) is 4.98 Å². The number of alkyl halides is 3. The number of carbonyl (C=O) groups is 1. The maximum absolute atomic E-state index is 12.7. The van der Waals surface area contributed by atoms with Gasteiger partial charge in [-0.1, -0.05) is 6.92 Å². The predicted molar refractivity (Wildman–Crippen MR) is 120 cm³/mol. The van der Waals surface area contributed by atoms with E-state index < -0.39 is 11.7 Å². The number of carbonyl (C=O) groups excluding carboxylic acids is 1. The van der Waals surface area contributed by atoms with E-state index in [-0.39, 0.29) is 24.5 Å². The van der Waals surface area contributed by atoms with Gasteiger partial charge in [-0.15, -0.1) is 0 Å². The van der Waals surface area contributed by atoms with Crippen LogP contribution in [0.4, 0.5) is 30.6 Å². The topological polar surface area (TPSA) is 101 Å². The summed E-state index contributed by atoms with van der Waals surface area (Å²) < 4.78 is 39.7. The summed E-state index contributed by atoms with van der Waals surface area (Å²) in [7, 11) is 0. The van der Waals surface area contributed by atoms with Crippen LogP contribution in [0, 0.1) is 0 Å². The van der Waals surface area contributed by atoms with Crippen molar-refractivity contribution in [1.29, 1.82) is 0 Å². The lowest BCUT2D eigenvalue weighted by atomic mass is 10.1. The molecule has 180 valence electrons. The third-order valence-electron chi connectivity index (χ3n) is 5.47. The molecular formula is C22H25F3N8O. The van der Waals surface area contributed by atoms with Crippen LogP contribution in [0.2, 0.25) is 0 Å². The molecule has 34 heavy (non-hydrogen) atoms. The second-order valence-electron chi connectivity index (χ2n) is 8.28. The fraction of sp³-hybridized carbons (Fsp3) is 0.409. The quantitative estimate of drug-likeness (QED) is 0.539. The van der Waals surface area contributed by atoms with E-state index in [1.54, 1.807) is 23.3 Å². The maximum atomic E-state index is 12.7. The van der Waals surface area contributed by atoms with Gasteiger partial charge in [0.1, 0.15) is 11.7 Å². The molecule has 3 aromatic heterocycles. The Bertz CT molecular complexity index is 1160. The summed E-state index contributed by atoms with van der Waals surface area (Å²) in [6, 6.07) is 2.13. The van der Waals surface area contributed by atoms with Crippen molar-refractivity contribution in [3.63, 3.8) is 0 Å². The van der Waals surface area contributed by atoms with Gasteiger partial charge in [-0.05, 0) is 32.4 Å². The lowest BCUT2D eigenvalue weighted by Gasteiger charge is -2.39. The van der Waals surface area contributed by atoms with Crippen molar-refractivity contribution in [2.45, 2.75) is 58.5 Å². The number of fused-ring (bicyclic) bond motifs is 1. The number of amides is 1. The van der Waals surface area contributed by atoms with E-state index in [1.165, 1.54) is 6.07 Å². The van der Waals surface area contributed by atoms with Gasteiger partial charge in [0.05, 0.1) is 30.2 Å². The van der Waals surface area contributed by atoms with Crippen molar-refractivity contribution in [3.05, 3.63) is 53.7 Å². The van der Waals surface area contributed by atoms with E-state index in [9.17, 15) is 18.0 Å². The van der Waals surface area contributed by atoms with Gasteiger partial charge < -0.3 is 15.5 Å². The van der Waals surface area contributed by atoms with Crippen LogP contribution in [0.25, 0.3) is 0 Å². The number of hydrogen-bond donors (Lipinski definition) is 2. The number of rotatable bonds is 7. The molecule has 0 radical (unpaired) electrons. The molecule has 0 spiro atoms. The van der Waals surface area contributed by atoms with Crippen molar-refractivity contribution in [3.8, 4) is 0 Å². The SMILES string of the molecule is CC[C@H]1C(=O)Nc2cnc(NCc3cnn(Cc4ccc(C(F)(F)F)cn4)c3)nc2N1C(C)C. The van der Waals surface area contributed by atoms with Crippen molar-refractivity contribution < 1.29 is 18.0 Å². The summed E-state index contributed by atoms with van der Waals surface area (Å²) in [4.78, 5) is 27.2. The smallest absolute Gasteiger partial charge is 0.350 e. The minimum Gasteiger partial charge on any atom is -0.350 e. The van der Waals surface area contributed by atoms with E-state index in [1.807, 2.05) is 25.7 Å². The summed E-state index contributed by atoms with van der Waals surface area (Å²) in [5, 5.41) is 10.3. The Morgan fingerprint density at radius 2 is 1.97 bits per heavy atom. The molecule has 2 N–H and O–H groups in total. The summed E-state index contributed by atoms with van der Waals surface area (Å²) in [5.41, 5.74) is 1.10. The molecule has 0 unspecified atom stereocenters. The first kappa shape index (κ1) is 23.5. The van der Waals surface area contributed by atoms with Crippen LogP contribution in [-0.4, -0.2) is 42.7 Å². The van der Waals surface area contributed by atoms with Gasteiger partial charge in [-0.2, -0.15) is 23.3 Å². The van der Waals surface area contributed by atoms with E-state index in [0.29, 0.717) is 36.1 Å². The third-order valence-corrected chi connectivity index (χ3v) is 5.47.